The highest BCUT2D eigenvalue weighted by molar-refractivity contribution is 5.80. The summed E-state index contributed by atoms with van der Waals surface area (Å²) in [6.45, 7) is 4.59. The molecule has 0 aliphatic carbocycles. The first-order chi connectivity index (χ1) is 14.1. The Bertz CT molecular complexity index is 1250. The summed E-state index contributed by atoms with van der Waals surface area (Å²) in [6.07, 6.45) is 0. The zero-order valence-electron chi connectivity index (χ0n) is 16.5. The van der Waals surface area contributed by atoms with E-state index in [0.717, 1.165) is 5.52 Å². The summed E-state index contributed by atoms with van der Waals surface area (Å²) in [5.74, 6) is 1.28. The molecule has 0 radical (unpaired) electrons. The van der Waals surface area contributed by atoms with Crippen LogP contribution >= 0.6 is 0 Å². The Hall–Kier alpha value is -3.26. The van der Waals surface area contributed by atoms with E-state index in [1.54, 1.807) is 22.8 Å². The molecule has 0 spiro atoms. The predicted octanol–water partition coefficient (Wildman–Crippen LogP) is 3.06. The van der Waals surface area contributed by atoms with Crippen LogP contribution < -0.4 is 15.6 Å². The standard InChI is InChI=1S/C21H22FN5O2/c1-4-26-20(28)14-8-5-6-10-16(14)27-18(24-25-21(26)27)12-23-13(2)19-15(22)9-7-11-17(19)29-3/h5-11,13,23H,4,12H2,1-3H3. The fourth-order valence-electron chi connectivity index (χ4n) is 3.68. The summed E-state index contributed by atoms with van der Waals surface area (Å²) in [4.78, 5) is 12.8. The molecule has 4 aromatic rings. The van der Waals surface area contributed by atoms with Gasteiger partial charge in [0.05, 0.1) is 24.6 Å². The molecule has 150 valence electrons. The zero-order valence-corrected chi connectivity index (χ0v) is 16.5. The van der Waals surface area contributed by atoms with Crippen molar-refractivity contribution in [3.63, 3.8) is 0 Å². The molecule has 1 N–H and O–H groups in total. The number of hydrogen-bond acceptors (Lipinski definition) is 5. The number of halogens is 1. The van der Waals surface area contributed by atoms with Gasteiger partial charge in [-0.15, -0.1) is 10.2 Å². The number of para-hydroxylation sites is 1. The molecular weight excluding hydrogens is 373 g/mol. The maximum atomic E-state index is 14.4. The van der Waals surface area contributed by atoms with E-state index in [0.29, 0.717) is 41.4 Å². The van der Waals surface area contributed by atoms with Crippen molar-refractivity contribution in [1.82, 2.24) is 24.5 Å². The number of hydrogen-bond donors (Lipinski definition) is 1. The smallest absolute Gasteiger partial charge is 0.262 e. The van der Waals surface area contributed by atoms with Gasteiger partial charge < -0.3 is 10.1 Å². The van der Waals surface area contributed by atoms with Crippen molar-refractivity contribution in [3.05, 3.63) is 70.0 Å². The number of aromatic nitrogens is 4. The van der Waals surface area contributed by atoms with Crippen LogP contribution in [-0.4, -0.2) is 26.3 Å². The fourth-order valence-corrected chi connectivity index (χ4v) is 3.68. The second-order valence-electron chi connectivity index (χ2n) is 6.78. The molecule has 2 aromatic heterocycles. The molecule has 0 bridgehead atoms. The van der Waals surface area contributed by atoms with E-state index in [1.165, 1.54) is 13.2 Å². The molecule has 0 saturated heterocycles. The van der Waals surface area contributed by atoms with E-state index >= 15 is 0 Å². The first-order valence-electron chi connectivity index (χ1n) is 9.48. The Morgan fingerprint density at radius 3 is 2.72 bits per heavy atom. The van der Waals surface area contributed by atoms with Gasteiger partial charge in [0.15, 0.2) is 5.82 Å². The summed E-state index contributed by atoms with van der Waals surface area (Å²) < 4.78 is 23.1. The lowest BCUT2D eigenvalue weighted by molar-refractivity contribution is 0.393. The fraction of sp³-hybridized carbons (Fsp3) is 0.286. The molecule has 1 unspecified atom stereocenters. The average Bonchev–Trinajstić information content (AvgIpc) is 3.16. The second kappa shape index (κ2) is 7.63. The largest absolute Gasteiger partial charge is 0.496 e. The molecule has 2 aromatic carbocycles. The molecule has 4 rings (SSSR count). The lowest BCUT2D eigenvalue weighted by Gasteiger charge is -2.18. The van der Waals surface area contributed by atoms with Crippen molar-refractivity contribution < 1.29 is 9.13 Å². The molecule has 0 saturated carbocycles. The van der Waals surface area contributed by atoms with Gasteiger partial charge in [0.25, 0.3) is 5.56 Å². The molecule has 0 amide bonds. The maximum Gasteiger partial charge on any atom is 0.262 e. The monoisotopic (exact) mass is 395 g/mol. The number of benzene rings is 2. The minimum atomic E-state index is -0.333. The van der Waals surface area contributed by atoms with E-state index in [-0.39, 0.29) is 17.4 Å². The third-order valence-corrected chi connectivity index (χ3v) is 5.12. The summed E-state index contributed by atoms with van der Waals surface area (Å²) in [7, 11) is 1.52. The van der Waals surface area contributed by atoms with Crippen LogP contribution in [0.5, 0.6) is 5.75 Å². The molecule has 7 nitrogen and oxygen atoms in total. The zero-order chi connectivity index (χ0) is 20.5. The van der Waals surface area contributed by atoms with Crippen LogP contribution in [0.2, 0.25) is 0 Å². The third kappa shape index (κ3) is 3.15. The molecule has 0 fully saturated rings. The highest BCUT2D eigenvalue weighted by atomic mass is 19.1. The Kier molecular flexibility index (Phi) is 5.02. The predicted molar refractivity (Wildman–Crippen MR) is 109 cm³/mol. The number of ether oxygens (including phenoxy) is 1. The molecule has 8 heteroatoms. The van der Waals surface area contributed by atoms with Crippen molar-refractivity contribution in [1.29, 1.82) is 0 Å². The van der Waals surface area contributed by atoms with E-state index < -0.39 is 0 Å². The van der Waals surface area contributed by atoms with Crippen molar-refractivity contribution in [2.24, 2.45) is 0 Å². The average molecular weight is 395 g/mol. The van der Waals surface area contributed by atoms with Gasteiger partial charge in [-0.1, -0.05) is 18.2 Å². The molecular formula is C21H22FN5O2. The van der Waals surface area contributed by atoms with Gasteiger partial charge in [-0.3, -0.25) is 13.8 Å². The first-order valence-corrected chi connectivity index (χ1v) is 9.48. The highest BCUT2D eigenvalue weighted by Gasteiger charge is 2.19. The van der Waals surface area contributed by atoms with E-state index in [9.17, 15) is 9.18 Å². The van der Waals surface area contributed by atoms with Crippen molar-refractivity contribution in [2.45, 2.75) is 33.0 Å². The molecule has 29 heavy (non-hydrogen) atoms. The van der Waals surface area contributed by atoms with Crippen molar-refractivity contribution in [3.8, 4) is 5.75 Å². The summed E-state index contributed by atoms with van der Waals surface area (Å²) in [5.41, 5.74) is 1.11. The molecule has 2 heterocycles. The lowest BCUT2D eigenvalue weighted by atomic mass is 10.1. The second-order valence-corrected chi connectivity index (χ2v) is 6.78. The van der Waals surface area contributed by atoms with Crippen LogP contribution in [0.4, 0.5) is 4.39 Å². The summed E-state index contributed by atoms with van der Waals surface area (Å²) in [6, 6.07) is 11.8. The van der Waals surface area contributed by atoms with Crippen LogP contribution in [0, 0.1) is 5.82 Å². The number of nitrogens with zero attached hydrogens (tertiary/aromatic N) is 4. The van der Waals surface area contributed by atoms with Gasteiger partial charge in [-0.25, -0.2) is 4.39 Å². The Morgan fingerprint density at radius 1 is 1.17 bits per heavy atom. The van der Waals surface area contributed by atoms with Gasteiger partial charge in [0.2, 0.25) is 5.78 Å². The topological polar surface area (TPSA) is 73.5 Å². The van der Waals surface area contributed by atoms with Crippen molar-refractivity contribution in [2.75, 3.05) is 7.11 Å². The summed E-state index contributed by atoms with van der Waals surface area (Å²) in [5, 5.41) is 12.4. The number of methoxy groups -OCH3 is 1. The summed E-state index contributed by atoms with van der Waals surface area (Å²) >= 11 is 0. The SMILES string of the molecule is CCn1c(=O)c2ccccc2n2c(CNC(C)c3c(F)cccc3OC)nnc12. The normalized spacial score (nSPS) is 12.6. The molecule has 1 atom stereocenters. The minimum Gasteiger partial charge on any atom is -0.496 e. The Labute approximate surface area is 166 Å². The highest BCUT2D eigenvalue weighted by Crippen LogP contribution is 2.27. The van der Waals surface area contributed by atoms with Gasteiger partial charge in [0, 0.05) is 18.2 Å². The van der Waals surface area contributed by atoms with Crippen molar-refractivity contribution >= 4 is 16.7 Å². The number of nitrogens with one attached hydrogen (secondary N) is 1. The number of aryl methyl sites for hydroxylation is 1. The van der Waals surface area contributed by atoms with Gasteiger partial charge >= 0.3 is 0 Å². The number of rotatable bonds is 6. The van der Waals surface area contributed by atoms with E-state index in [1.807, 2.05) is 36.4 Å². The van der Waals surface area contributed by atoms with Gasteiger partial charge in [-0.05, 0) is 38.1 Å². The first kappa shape index (κ1) is 19.1. The maximum absolute atomic E-state index is 14.4. The van der Waals surface area contributed by atoms with Crippen LogP contribution in [0.1, 0.15) is 31.3 Å². The van der Waals surface area contributed by atoms with Crippen LogP contribution in [0.25, 0.3) is 16.7 Å². The van der Waals surface area contributed by atoms with Crippen LogP contribution in [0.3, 0.4) is 0 Å². The van der Waals surface area contributed by atoms with E-state index in [4.69, 9.17) is 4.74 Å². The van der Waals surface area contributed by atoms with Crippen LogP contribution in [0.15, 0.2) is 47.3 Å². The molecule has 0 aliphatic rings. The minimum absolute atomic E-state index is 0.0908. The Morgan fingerprint density at radius 2 is 1.97 bits per heavy atom. The quantitative estimate of drug-likeness (QED) is 0.543. The van der Waals surface area contributed by atoms with Gasteiger partial charge in [-0.2, -0.15) is 0 Å². The number of fused-ring (bicyclic) bond motifs is 3. The Balaban J connectivity index is 1.75. The molecule has 0 aliphatic heterocycles. The lowest BCUT2D eigenvalue weighted by Crippen LogP contribution is -2.24. The van der Waals surface area contributed by atoms with Crippen LogP contribution in [-0.2, 0) is 13.1 Å². The van der Waals surface area contributed by atoms with E-state index in [2.05, 4.69) is 15.5 Å². The van der Waals surface area contributed by atoms with Gasteiger partial charge in [0.1, 0.15) is 11.6 Å². The third-order valence-electron chi connectivity index (χ3n) is 5.12.